The summed E-state index contributed by atoms with van der Waals surface area (Å²) < 4.78 is 19.6. The number of para-hydroxylation sites is 1. The van der Waals surface area contributed by atoms with Gasteiger partial charge in [0, 0.05) is 21.7 Å². The molecule has 0 bridgehead atoms. The van der Waals surface area contributed by atoms with Gasteiger partial charge in [0.15, 0.2) is 5.76 Å². The predicted octanol–water partition coefficient (Wildman–Crippen LogP) is 5.72. The van der Waals surface area contributed by atoms with Crippen LogP contribution in [0.1, 0.15) is 34.1 Å². The van der Waals surface area contributed by atoms with E-state index in [4.69, 9.17) is 4.42 Å². The Morgan fingerprint density at radius 1 is 1.03 bits per heavy atom. The zero-order valence-corrected chi connectivity index (χ0v) is 18.5. The molecular formula is C26H21FN2O3S. The van der Waals surface area contributed by atoms with Gasteiger partial charge in [0.2, 0.25) is 5.91 Å². The van der Waals surface area contributed by atoms with Crippen molar-refractivity contribution < 1.29 is 18.4 Å². The van der Waals surface area contributed by atoms with Crippen LogP contribution in [0.4, 0.5) is 10.1 Å². The number of benzene rings is 3. The van der Waals surface area contributed by atoms with E-state index in [1.165, 1.54) is 17.8 Å². The molecule has 0 saturated heterocycles. The summed E-state index contributed by atoms with van der Waals surface area (Å²) in [6, 6.07) is 21.1. The van der Waals surface area contributed by atoms with Gasteiger partial charge in [0.05, 0.1) is 12.5 Å². The van der Waals surface area contributed by atoms with E-state index in [2.05, 4.69) is 10.6 Å². The molecule has 1 aliphatic heterocycles. The number of anilines is 1. The molecular weight excluding hydrogens is 439 g/mol. The van der Waals surface area contributed by atoms with Gasteiger partial charge in [-0.25, -0.2) is 4.39 Å². The molecule has 5 rings (SSSR count). The molecule has 0 spiro atoms. The van der Waals surface area contributed by atoms with Crippen LogP contribution in [0.2, 0.25) is 0 Å². The Kier molecular flexibility index (Phi) is 5.88. The summed E-state index contributed by atoms with van der Waals surface area (Å²) in [6.45, 7) is 0. The van der Waals surface area contributed by atoms with Gasteiger partial charge in [-0.3, -0.25) is 9.59 Å². The maximum Gasteiger partial charge on any atom is 0.291 e. The lowest BCUT2D eigenvalue weighted by atomic mass is 10.0. The van der Waals surface area contributed by atoms with Crippen molar-refractivity contribution in [3.63, 3.8) is 0 Å². The second-order valence-electron chi connectivity index (χ2n) is 7.89. The highest BCUT2D eigenvalue weighted by Crippen LogP contribution is 2.37. The van der Waals surface area contributed by atoms with Gasteiger partial charge in [-0.15, -0.1) is 11.8 Å². The Labute approximate surface area is 194 Å². The largest absolute Gasteiger partial charge is 0.451 e. The van der Waals surface area contributed by atoms with Crippen molar-refractivity contribution in [2.75, 3.05) is 11.1 Å². The third kappa shape index (κ3) is 4.64. The summed E-state index contributed by atoms with van der Waals surface area (Å²) in [6.07, 6.45) is 0.964. The fourth-order valence-electron chi connectivity index (χ4n) is 3.96. The lowest BCUT2D eigenvalue weighted by Crippen LogP contribution is -2.32. The average molecular weight is 461 g/mol. The summed E-state index contributed by atoms with van der Waals surface area (Å²) >= 11 is 1.49. The number of carbonyl (C=O) groups is 2. The quantitative estimate of drug-likeness (QED) is 0.400. The van der Waals surface area contributed by atoms with E-state index < -0.39 is 0 Å². The van der Waals surface area contributed by atoms with Crippen LogP contribution in [0.5, 0.6) is 0 Å². The number of nitrogens with one attached hydrogen (secondary N) is 2. The molecule has 1 atom stereocenters. The van der Waals surface area contributed by atoms with Crippen molar-refractivity contribution in [3.05, 3.63) is 95.5 Å². The molecule has 2 amide bonds. The van der Waals surface area contributed by atoms with Crippen LogP contribution in [0.3, 0.4) is 0 Å². The van der Waals surface area contributed by atoms with Gasteiger partial charge in [-0.1, -0.05) is 42.5 Å². The number of hydrogen-bond acceptors (Lipinski definition) is 4. The van der Waals surface area contributed by atoms with Crippen molar-refractivity contribution in [2.24, 2.45) is 0 Å². The Morgan fingerprint density at radius 3 is 2.67 bits per heavy atom. The normalized spacial score (nSPS) is 15.1. The maximum atomic E-state index is 14.1. The topological polar surface area (TPSA) is 71.3 Å². The molecule has 0 fully saturated rings. The molecule has 2 heterocycles. The van der Waals surface area contributed by atoms with Crippen LogP contribution in [0.25, 0.3) is 11.0 Å². The first-order chi connectivity index (χ1) is 16.1. The fraction of sp³-hybridized carbons (Fsp3) is 0.154. The van der Waals surface area contributed by atoms with Crippen LogP contribution >= 0.6 is 11.8 Å². The molecule has 1 aliphatic rings. The summed E-state index contributed by atoms with van der Waals surface area (Å²) in [5.41, 5.74) is 2.92. The number of halogens is 1. The summed E-state index contributed by atoms with van der Waals surface area (Å²) in [4.78, 5) is 25.7. The average Bonchev–Trinajstić information content (AvgIpc) is 3.26. The number of carbonyl (C=O) groups excluding carboxylic acids is 2. The number of hydrogen-bond donors (Lipinski definition) is 2. The minimum atomic E-state index is -0.335. The lowest BCUT2D eigenvalue weighted by Gasteiger charge is -2.26. The second kappa shape index (κ2) is 9.11. The Hall–Kier alpha value is -3.58. The molecule has 166 valence electrons. The molecule has 1 unspecified atom stereocenters. The number of thioether (sulfide) groups is 1. The van der Waals surface area contributed by atoms with Crippen LogP contribution in [-0.2, 0) is 11.2 Å². The maximum absolute atomic E-state index is 14.1. The van der Waals surface area contributed by atoms with E-state index in [0.717, 1.165) is 28.7 Å². The highest BCUT2D eigenvalue weighted by molar-refractivity contribution is 7.99. The molecule has 0 radical (unpaired) electrons. The molecule has 3 aromatic carbocycles. The van der Waals surface area contributed by atoms with Crippen molar-refractivity contribution in [1.82, 2.24) is 5.32 Å². The molecule has 4 aromatic rings. The molecule has 5 nitrogen and oxygen atoms in total. The first-order valence-corrected chi connectivity index (χ1v) is 11.6. The number of furan rings is 1. The van der Waals surface area contributed by atoms with Crippen molar-refractivity contribution >= 4 is 40.2 Å². The third-order valence-corrected chi connectivity index (χ3v) is 6.75. The van der Waals surface area contributed by atoms with E-state index in [-0.39, 0.29) is 35.9 Å². The SMILES string of the molecule is O=C(Cc1ccc(NC(=O)c2cc3ccccc3o2)cc1)NC1CCSc2c(F)cccc21. The second-order valence-corrected chi connectivity index (χ2v) is 9.00. The molecule has 0 saturated carbocycles. The van der Waals surface area contributed by atoms with E-state index in [0.29, 0.717) is 16.2 Å². The molecule has 1 aromatic heterocycles. The minimum absolute atomic E-state index is 0.124. The Bertz CT molecular complexity index is 1300. The van der Waals surface area contributed by atoms with Gasteiger partial charge in [-0.2, -0.15) is 0 Å². The van der Waals surface area contributed by atoms with Crippen molar-refractivity contribution in [1.29, 1.82) is 0 Å². The highest BCUT2D eigenvalue weighted by atomic mass is 32.2. The van der Waals surface area contributed by atoms with Crippen molar-refractivity contribution in [3.8, 4) is 0 Å². The summed E-state index contributed by atoms with van der Waals surface area (Å²) in [7, 11) is 0. The van der Waals surface area contributed by atoms with Gasteiger partial charge >= 0.3 is 0 Å². The third-order valence-electron chi connectivity index (χ3n) is 5.59. The van der Waals surface area contributed by atoms with Crippen molar-refractivity contribution in [2.45, 2.75) is 23.8 Å². The fourth-order valence-corrected chi connectivity index (χ4v) is 5.10. The van der Waals surface area contributed by atoms with E-state index in [1.807, 2.05) is 30.3 Å². The predicted molar refractivity (Wildman–Crippen MR) is 127 cm³/mol. The number of amides is 2. The van der Waals surface area contributed by atoms with Crippen LogP contribution < -0.4 is 10.6 Å². The van der Waals surface area contributed by atoms with Crippen LogP contribution in [0.15, 0.2) is 82.1 Å². The minimum Gasteiger partial charge on any atom is -0.451 e. The first-order valence-electron chi connectivity index (χ1n) is 10.7. The number of fused-ring (bicyclic) bond motifs is 2. The molecule has 7 heteroatoms. The Morgan fingerprint density at radius 2 is 1.85 bits per heavy atom. The molecule has 33 heavy (non-hydrogen) atoms. The Balaban J connectivity index is 1.20. The van der Waals surface area contributed by atoms with Gasteiger partial charge in [0.1, 0.15) is 11.4 Å². The lowest BCUT2D eigenvalue weighted by molar-refractivity contribution is -0.121. The van der Waals surface area contributed by atoms with E-state index in [9.17, 15) is 14.0 Å². The first kappa shape index (κ1) is 21.3. The van der Waals surface area contributed by atoms with Gasteiger partial charge in [-0.05, 0) is 47.9 Å². The highest BCUT2D eigenvalue weighted by Gasteiger charge is 2.24. The number of rotatable bonds is 5. The zero-order valence-electron chi connectivity index (χ0n) is 17.6. The summed E-state index contributed by atoms with van der Waals surface area (Å²) in [5, 5.41) is 6.71. The standard InChI is InChI=1S/C26H21FN2O3S/c27-20-6-3-5-19-21(12-13-33-25(19)20)29-24(30)14-16-8-10-18(11-9-16)28-26(31)23-15-17-4-1-2-7-22(17)32-23/h1-11,15,21H,12-14H2,(H,28,31)(H,29,30). The molecule has 0 aliphatic carbocycles. The van der Waals surface area contributed by atoms with Crippen LogP contribution in [0, 0.1) is 5.82 Å². The van der Waals surface area contributed by atoms with Gasteiger partial charge in [0.25, 0.3) is 5.91 Å². The smallest absolute Gasteiger partial charge is 0.291 e. The monoisotopic (exact) mass is 460 g/mol. The summed E-state index contributed by atoms with van der Waals surface area (Å²) in [5.74, 6) is 0.302. The van der Waals surface area contributed by atoms with E-state index >= 15 is 0 Å². The van der Waals surface area contributed by atoms with E-state index in [1.54, 1.807) is 36.4 Å². The zero-order chi connectivity index (χ0) is 22.8. The molecule has 2 N–H and O–H groups in total. The van der Waals surface area contributed by atoms with Gasteiger partial charge < -0.3 is 15.1 Å². The van der Waals surface area contributed by atoms with Crippen LogP contribution in [-0.4, -0.2) is 17.6 Å².